The maximum Gasteiger partial charge on any atom is 0.513 e. The van der Waals surface area contributed by atoms with Crippen LogP contribution in [0.4, 0.5) is 4.79 Å². The number of hydrogen-bond donors (Lipinski definition) is 2. The maximum absolute atomic E-state index is 11.8. The second kappa shape index (κ2) is 6.94. The number of carbonyl (C=O) groups is 3. The van der Waals surface area contributed by atoms with Crippen LogP contribution in [-0.4, -0.2) is 42.5 Å². The van der Waals surface area contributed by atoms with E-state index in [0.717, 1.165) is 32.4 Å². The number of carboxylic acids is 1. The molecule has 1 aromatic carbocycles. The van der Waals surface area contributed by atoms with E-state index >= 15 is 0 Å². The van der Waals surface area contributed by atoms with E-state index in [1.165, 1.54) is 6.07 Å². The highest BCUT2D eigenvalue weighted by Gasteiger charge is 2.23. The summed E-state index contributed by atoms with van der Waals surface area (Å²) in [5, 5.41) is 18.3. The van der Waals surface area contributed by atoms with Gasteiger partial charge in [0.1, 0.15) is 5.56 Å². The third-order valence-electron chi connectivity index (χ3n) is 2.32. The average molecular weight is 296 g/mol. The molecule has 0 unspecified atom stereocenters. The molecule has 0 fully saturated rings. The van der Waals surface area contributed by atoms with Crippen LogP contribution in [0.5, 0.6) is 11.5 Å². The molecule has 2 N–H and O–H groups in total. The van der Waals surface area contributed by atoms with Crippen LogP contribution in [-0.2, 0) is 14.3 Å². The van der Waals surface area contributed by atoms with Crippen LogP contribution in [0.25, 0.3) is 6.08 Å². The normalized spacial score (nSPS) is 10.2. The molecule has 0 amide bonds. The Labute approximate surface area is 119 Å². The summed E-state index contributed by atoms with van der Waals surface area (Å²) in [7, 11) is 2.13. The van der Waals surface area contributed by atoms with Gasteiger partial charge in [0, 0.05) is 6.08 Å². The molecule has 0 aliphatic rings. The smallest absolute Gasteiger partial charge is 0.504 e. The van der Waals surface area contributed by atoms with Gasteiger partial charge in [-0.3, -0.25) is 0 Å². The first kappa shape index (κ1) is 16.0. The predicted molar refractivity (Wildman–Crippen MR) is 69.1 cm³/mol. The van der Waals surface area contributed by atoms with Crippen molar-refractivity contribution in [3.05, 3.63) is 29.3 Å². The number of phenols is 1. The molecule has 0 saturated carbocycles. The number of carbonyl (C=O) groups excluding carboxylic acids is 2. The van der Waals surface area contributed by atoms with E-state index in [1.807, 2.05) is 0 Å². The van der Waals surface area contributed by atoms with Crippen molar-refractivity contribution in [2.24, 2.45) is 0 Å². The number of benzene rings is 1. The van der Waals surface area contributed by atoms with Crippen LogP contribution in [0.15, 0.2) is 18.2 Å². The van der Waals surface area contributed by atoms with Gasteiger partial charge in [0.15, 0.2) is 11.5 Å². The largest absolute Gasteiger partial charge is 0.513 e. The summed E-state index contributed by atoms with van der Waals surface area (Å²) in [5.41, 5.74) is -0.221. The summed E-state index contributed by atoms with van der Waals surface area (Å²) in [6.07, 6.45) is 0.716. The molecule has 0 heterocycles. The van der Waals surface area contributed by atoms with E-state index in [0.29, 0.717) is 0 Å². The third-order valence-corrected chi connectivity index (χ3v) is 2.32. The SMILES string of the molecule is COC(=O)Oc1c(O)ccc(C=CC(=O)O)c1C(=O)OC. The van der Waals surface area contributed by atoms with Crippen molar-refractivity contribution in [2.45, 2.75) is 0 Å². The highest BCUT2D eigenvalue weighted by molar-refractivity contribution is 5.99. The molecule has 8 heteroatoms. The minimum Gasteiger partial charge on any atom is -0.504 e. The van der Waals surface area contributed by atoms with Crippen LogP contribution in [0.2, 0.25) is 0 Å². The molecule has 0 atom stereocenters. The Balaban J connectivity index is 3.45. The number of aromatic hydroxyl groups is 1. The van der Waals surface area contributed by atoms with Crippen molar-refractivity contribution in [3.63, 3.8) is 0 Å². The van der Waals surface area contributed by atoms with Crippen molar-refractivity contribution in [3.8, 4) is 11.5 Å². The van der Waals surface area contributed by atoms with Crippen LogP contribution < -0.4 is 4.74 Å². The molecule has 112 valence electrons. The van der Waals surface area contributed by atoms with Gasteiger partial charge in [0.2, 0.25) is 0 Å². The van der Waals surface area contributed by atoms with Crippen LogP contribution in [0.1, 0.15) is 15.9 Å². The van der Waals surface area contributed by atoms with Gasteiger partial charge in [0.05, 0.1) is 14.2 Å². The molecule has 21 heavy (non-hydrogen) atoms. The van der Waals surface area contributed by atoms with E-state index in [9.17, 15) is 19.5 Å². The Morgan fingerprint density at radius 1 is 1.14 bits per heavy atom. The lowest BCUT2D eigenvalue weighted by atomic mass is 10.0. The number of aliphatic carboxylic acids is 1. The van der Waals surface area contributed by atoms with Crippen LogP contribution in [0, 0.1) is 0 Å². The van der Waals surface area contributed by atoms with E-state index < -0.39 is 29.6 Å². The van der Waals surface area contributed by atoms with Crippen molar-refractivity contribution < 1.29 is 38.8 Å². The summed E-state index contributed by atoms with van der Waals surface area (Å²) < 4.78 is 13.5. The lowest BCUT2D eigenvalue weighted by molar-refractivity contribution is -0.131. The Morgan fingerprint density at radius 2 is 1.81 bits per heavy atom. The van der Waals surface area contributed by atoms with Gasteiger partial charge < -0.3 is 24.4 Å². The van der Waals surface area contributed by atoms with E-state index in [1.54, 1.807) is 0 Å². The van der Waals surface area contributed by atoms with Crippen molar-refractivity contribution in [1.82, 2.24) is 0 Å². The van der Waals surface area contributed by atoms with Crippen LogP contribution in [0.3, 0.4) is 0 Å². The van der Waals surface area contributed by atoms with E-state index in [2.05, 4.69) is 9.47 Å². The number of rotatable bonds is 4. The molecule has 0 aliphatic heterocycles. The van der Waals surface area contributed by atoms with Crippen LogP contribution >= 0.6 is 0 Å². The molecule has 0 saturated heterocycles. The van der Waals surface area contributed by atoms with Gasteiger partial charge in [-0.25, -0.2) is 14.4 Å². The molecule has 0 radical (unpaired) electrons. The minimum atomic E-state index is -1.24. The summed E-state index contributed by atoms with van der Waals surface area (Å²) in [6, 6.07) is 2.40. The van der Waals surface area contributed by atoms with Crippen molar-refractivity contribution >= 4 is 24.2 Å². The monoisotopic (exact) mass is 296 g/mol. The van der Waals surface area contributed by atoms with Gasteiger partial charge in [0.25, 0.3) is 0 Å². The van der Waals surface area contributed by atoms with Crippen molar-refractivity contribution in [1.29, 1.82) is 0 Å². The molecule has 1 aromatic rings. The zero-order valence-electron chi connectivity index (χ0n) is 11.2. The lowest BCUT2D eigenvalue weighted by Crippen LogP contribution is -2.13. The standard InChI is InChI=1S/C13H12O8/c1-19-12(17)10-7(4-6-9(15)16)3-5-8(14)11(10)21-13(18)20-2/h3-6,14H,1-2H3,(H,15,16). The number of methoxy groups -OCH3 is 2. The molecular formula is C13H12O8. The first-order chi connectivity index (χ1) is 9.90. The second-order valence-electron chi connectivity index (χ2n) is 3.60. The summed E-state index contributed by atoms with van der Waals surface area (Å²) in [6.45, 7) is 0. The molecule has 1 rings (SSSR count). The highest BCUT2D eigenvalue weighted by atomic mass is 16.7. The van der Waals surface area contributed by atoms with Gasteiger partial charge >= 0.3 is 18.1 Å². The van der Waals surface area contributed by atoms with Gasteiger partial charge in [-0.2, -0.15) is 0 Å². The number of esters is 1. The van der Waals surface area contributed by atoms with E-state index in [4.69, 9.17) is 9.84 Å². The van der Waals surface area contributed by atoms with Gasteiger partial charge in [-0.1, -0.05) is 6.07 Å². The number of phenolic OH excluding ortho intramolecular Hbond substituents is 1. The number of carboxylic acid groups (broad SMARTS) is 1. The molecule has 0 bridgehead atoms. The van der Waals surface area contributed by atoms with E-state index in [-0.39, 0.29) is 11.1 Å². The Bertz CT molecular complexity index is 602. The van der Waals surface area contributed by atoms with Crippen molar-refractivity contribution in [2.75, 3.05) is 14.2 Å². The first-order valence-electron chi connectivity index (χ1n) is 5.51. The molecule has 0 spiro atoms. The Hall–Kier alpha value is -3.03. The average Bonchev–Trinajstić information content (AvgIpc) is 2.46. The molecule has 8 nitrogen and oxygen atoms in total. The highest BCUT2D eigenvalue weighted by Crippen LogP contribution is 2.34. The molecule has 0 aliphatic carbocycles. The minimum absolute atomic E-state index is 0.0842. The Morgan fingerprint density at radius 3 is 2.33 bits per heavy atom. The topological polar surface area (TPSA) is 119 Å². The predicted octanol–water partition coefficient (Wildman–Crippen LogP) is 1.42. The fourth-order valence-corrected chi connectivity index (χ4v) is 1.43. The Kier molecular flexibility index (Phi) is 5.30. The summed E-state index contributed by atoms with van der Waals surface area (Å²) in [5.74, 6) is -3.15. The first-order valence-corrected chi connectivity index (χ1v) is 5.51. The van der Waals surface area contributed by atoms with Gasteiger partial charge in [-0.05, 0) is 17.7 Å². The summed E-state index contributed by atoms with van der Waals surface area (Å²) in [4.78, 5) is 33.5. The fourth-order valence-electron chi connectivity index (χ4n) is 1.43. The third kappa shape index (κ3) is 3.96. The van der Waals surface area contributed by atoms with Gasteiger partial charge in [-0.15, -0.1) is 0 Å². The molecular weight excluding hydrogens is 284 g/mol. The fraction of sp³-hybridized carbons (Fsp3) is 0.154. The maximum atomic E-state index is 11.8. The zero-order chi connectivity index (χ0) is 16.0. The number of hydrogen-bond acceptors (Lipinski definition) is 7. The summed E-state index contributed by atoms with van der Waals surface area (Å²) >= 11 is 0. The molecule has 0 aromatic heterocycles. The second-order valence-corrected chi connectivity index (χ2v) is 3.60. The zero-order valence-corrected chi connectivity index (χ0v) is 11.2. The number of ether oxygens (including phenoxy) is 3. The quantitative estimate of drug-likeness (QED) is 0.486. The lowest BCUT2D eigenvalue weighted by Gasteiger charge is -2.12.